The van der Waals surface area contributed by atoms with Crippen LogP contribution in [0.4, 0.5) is 18.3 Å². The average Bonchev–Trinajstić information content (AvgIpc) is 3.18. The van der Waals surface area contributed by atoms with Crippen molar-refractivity contribution < 1.29 is 13.2 Å². The smallest absolute Gasteiger partial charge is 0.260 e. The van der Waals surface area contributed by atoms with E-state index in [9.17, 15) is 13.2 Å². The van der Waals surface area contributed by atoms with Crippen LogP contribution in [0.2, 0.25) is 0 Å². The average molecular weight is 466 g/mol. The standard InChI is InChI=1S/C26H22F3N3S/c1-17-23(20-14-15-30-21(16-20)25(2,3)26(27,28)29)33-24(31-17)32-22(18-10-6-4-7-11-18)19-12-8-5-9-13-19/h4-16H,1-3H3. The van der Waals surface area contributed by atoms with Gasteiger partial charge in [-0.2, -0.15) is 13.2 Å². The summed E-state index contributed by atoms with van der Waals surface area (Å²) in [5.74, 6) is 0. The van der Waals surface area contributed by atoms with Gasteiger partial charge in [0, 0.05) is 17.3 Å². The molecule has 0 radical (unpaired) electrons. The molecule has 0 unspecified atom stereocenters. The van der Waals surface area contributed by atoms with Crippen molar-refractivity contribution in [2.45, 2.75) is 32.4 Å². The summed E-state index contributed by atoms with van der Waals surface area (Å²) in [5.41, 5.74) is 1.96. The minimum atomic E-state index is -4.41. The Hall–Kier alpha value is -3.32. The molecular weight excluding hydrogens is 443 g/mol. The van der Waals surface area contributed by atoms with E-state index in [4.69, 9.17) is 4.99 Å². The Bertz CT molecular complexity index is 1240. The quantitative estimate of drug-likeness (QED) is 0.286. The molecule has 0 spiro atoms. The van der Waals surface area contributed by atoms with Gasteiger partial charge in [0.1, 0.15) is 5.41 Å². The summed E-state index contributed by atoms with van der Waals surface area (Å²) in [6, 6.07) is 22.9. The number of benzene rings is 2. The summed E-state index contributed by atoms with van der Waals surface area (Å²) in [5, 5.41) is 0.540. The monoisotopic (exact) mass is 465 g/mol. The van der Waals surface area contributed by atoms with Gasteiger partial charge in [0.15, 0.2) is 0 Å². The maximum atomic E-state index is 13.5. The van der Waals surface area contributed by atoms with Gasteiger partial charge in [0.05, 0.1) is 22.0 Å². The predicted octanol–water partition coefficient (Wildman–Crippen LogP) is 7.52. The number of aromatic nitrogens is 2. The van der Waals surface area contributed by atoms with Crippen molar-refractivity contribution in [2.24, 2.45) is 4.99 Å². The van der Waals surface area contributed by atoms with E-state index >= 15 is 0 Å². The number of halogens is 3. The zero-order valence-electron chi connectivity index (χ0n) is 18.4. The lowest BCUT2D eigenvalue weighted by molar-refractivity contribution is -0.181. The molecule has 33 heavy (non-hydrogen) atoms. The number of rotatable bonds is 5. The van der Waals surface area contributed by atoms with Crippen molar-refractivity contribution in [2.75, 3.05) is 0 Å². The molecule has 0 fully saturated rings. The lowest BCUT2D eigenvalue weighted by atomic mass is 9.87. The number of hydrogen-bond donors (Lipinski definition) is 0. The Balaban J connectivity index is 1.77. The molecule has 4 aromatic rings. The second-order valence-corrected chi connectivity index (χ2v) is 9.13. The highest BCUT2D eigenvalue weighted by Crippen LogP contribution is 2.41. The first-order chi connectivity index (χ1) is 15.7. The Kier molecular flexibility index (Phi) is 6.17. The molecule has 4 rings (SSSR count). The van der Waals surface area contributed by atoms with E-state index < -0.39 is 11.6 Å². The highest BCUT2D eigenvalue weighted by atomic mass is 32.1. The fraction of sp³-hybridized carbons (Fsp3) is 0.192. The third kappa shape index (κ3) is 4.73. The first-order valence-electron chi connectivity index (χ1n) is 10.4. The van der Waals surface area contributed by atoms with Crippen molar-refractivity contribution in [3.63, 3.8) is 0 Å². The largest absolute Gasteiger partial charge is 0.399 e. The fourth-order valence-electron chi connectivity index (χ4n) is 3.34. The van der Waals surface area contributed by atoms with E-state index in [-0.39, 0.29) is 5.69 Å². The topological polar surface area (TPSA) is 38.1 Å². The minimum Gasteiger partial charge on any atom is -0.260 e. The number of thiazole rings is 1. The second kappa shape index (κ2) is 8.90. The molecule has 0 aliphatic rings. The molecule has 168 valence electrons. The van der Waals surface area contributed by atoms with Gasteiger partial charge >= 0.3 is 6.18 Å². The van der Waals surface area contributed by atoms with E-state index in [0.29, 0.717) is 16.4 Å². The van der Waals surface area contributed by atoms with E-state index in [2.05, 4.69) is 9.97 Å². The molecule has 2 aromatic heterocycles. The van der Waals surface area contributed by atoms with E-state index in [1.165, 1.54) is 23.6 Å². The highest BCUT2D eigenvalue weighted by Gasteiger charge is 2.49. The van der Waals surface area contributed by atoms with Gasteiger partial charge in [0.25, 0.3) is 0 Å². The van der Waals surface area contributed by atoms with E-state index in [0.717, 1.165) is 35.6 Å². The summed E-state index contributed by atoms with van der Waals surface area (Å²) in [4.78, 5) is 14.2. The molecule has 2 aromatic carbocycles. The maximum Gasteiger partial charge on any atom is 0.399 e. The van der Waals surface area contributed by atoms with Crippen molar-refractivity contribution >= 4 is 22.2 Å². The number of aliphatic imine (C=N–C) groups is 1. The van der Waals surface area contributed by atoms with Gasteiger partial charge < -0.3 is 0 Å². The summed E-state index contributed by atoms with van der Waals surface area (Å²) in [6.45, 7) is 4.12. The van der Waals surface area contributed by atoms with Crippen molar-refractivity contribution in [1.82, 2.24) is 9.97 Å². The van der Waals surface area contributed by atoms with Crippen LogP contribution in [0.15, 0.2) is 84.0 Å². The van der Waals surface area contributed by atoms with E-state index in [1.807, 2.05) is 67.6 Å². The van der Waals surface area contributed by atoms with Crippen LogP contribution in [0, 0.1) is 6.92 Å². The number of nitrogens with zero attached hydrogens (tertiary/aromatic N) is 3. The number of hydrogen-bond acceptors (Lipinski definition) is 4. The molecule has 0 aliphatic carbocycles. The normalized spacial score (nSPS) is 11.9. The number of aryl methyl sites for hydroxylation is 1. The van der Waals surface area contributed by atoms with Crippen LogP contribution >= 0.6 is 11.3 Å². The van der Waals surface area contributed by atoms with Crippen LogP contribution in [0.5, 0.6) is 0 Å². The second-order valence-electron chi connectivity index (χ2n) is 8.16. The maximum absolute atomic E-state index is 13.5. The lowest BCUT2D eigenvalue weighted by Gasteiger charge is -2.27. The fourth-order valence-corrected chi connectivity index (χ4v) is 4.28. The number of pyridine rings is 1. The summed E-state index contributed by atoms with van der Waals surface area (Å²) < 4.78 is 40.6. The lowest BCUT2D eigenvalue weighted by Crippen LogP contribution is -2.37. The molecule has 0 saturated heterocycles. The molecule has 0 saturated carbocycles. The predicted molar refractivity (Wildman–Crippen MR) is 127 cm³/mol. The molecule has 2 heterocycles. The third-order valence-corrected chi connectivity index (χ3v) is 6.56. The Morgan fingerprint density at radius 1 is 0.879 bits per heavy atom. The molecule has 0 atom stereocenters. The van der Waals surface area contributed by atoms with Gasteiger partial charge in [-0.05, 0) is 38.5 Å². The molecule has 0 bridgehead atoms. The van der Waals surface area contributed by atoms with Crippen molar-refractivity contribution in [3.05, 3.63) is 102 Å². The summed E-state index contributed by atoms with van der Waals surface area (Å²) in [6.07, 6.45) is -2.99. The Labute approximate surface area is 194 Å². The Morgan fingerprint density at radius 2 is 1.45 bits per heavy atom. The van der Waals surface area contributed by atoms with Crippen molar-refractivity contribution in [3.8, 4) is 10.4 Å². The van der Waals surface area contributed by atoms with Crippen LogP contribution in [0.3, 0.4) is 0 Å². The Morgan fingerprint density at radius 3 is 2.00 bits per heavy atom. The minimum absolute atomic E-state index is 0.0281. The van der Waals surface area contributed by atoms with Gasteiger partial charge in [-0.3, -0.25) is 4.98 Å². The first kappa shape index (κ1) is 22.9. The summed E-state index contributed by atoms with van der Waals surface area (Å²) in [7, 11) is 0. The molecule has 0 N–H and O–H groups in total. The molecule has 3 nitrogen and oxygen atoms in total. The summed E-state index contributed by atoms with van der Waals surface area (Å²) >= 11 is 1.35. The van der Waals surface area contributed by atoms with Crippen LogP contribution < -0.4 is 0 Å². The van der Waals surface area contributed by atoms with Gasteiger partial charge in [-0.15, -0.1) is 0 Å². The third-order valence-electron chi connectivity index (χ3n) is 5.46. The van der Waals surface area contributed by atoms with Crippen LogP contribution in [-0.4, -0.2) is 21.9 Å². The van der Waals surface area contributed by atoms with E-state index in [1.54, 1.807) is 6.07 Å². The zero-order chi connectivity index (χ0) is 23.6. The van der Waals surface area contributed by atoms with Crippen LogP contribution in [0.25, 0.3) is 10.4 Å². The van der Waals surface area contributed by atoms with Gasteiger partial charge in [-0.1, -0.05) is 72.0 Å². The SMILES string of the molecule is Cc1nc(N=C(c2ccccc2)c2ccccc2)sc1-c1ccnc(C(C)(C)C(F)(F)F)c1. The zero-order valence-corrected chi connectivity index (χ0v) is 19.2. The van der Waals surface area contributed by atoms with Crippen LogP contribution in [0.1, 0.15) is 36.4 Å². The van der Waals surface area contributed by atoms with Gasteiger partial charge in [-0.25, -0.2) is 9.98 Å². The number of alkyl halides is 3. The molecule has 0 amide bonds. The highest BCUT2D eigenvalue weighted by molar-refractivity contribution is 7.18. The molecular formula is C26H22F3N3S. The van der Waals surface area contributed by atoms with Crippen LogP contribution in [-0.2, 0) is 5.41 Å². The first-order valence-corrected chi connectivity index (χ1v) is 11.2. The van der Waals surface area contributed by atoms with Gasteiger partial charge in [0.2, 0.25) is 5.13 Å². The molecule has 7 heteroatoms. The molecule has 0 aliphatic heterocycles. The van der Waals surface area contributed by atoms with Crippen molar-refractivity contribution in [1.29, 1.82) is 0 Å².